The van der Waals surface area contributed by atoms with Gasteiger partial charge in [0.1, 0.15) is 0 Å². The SMILES string of the molecule is CCNC(C1CCOC2(CCOC2)C1)C1CCS(=O)(=O)C1. The summed E-state index contributed by atoms with van der Waals surface area (Å²) in [5.74, 6) is 1.47. The number of rotatable bonds is 4. The summed E-state index contributed by atoms with van der Waals surface area (Å²) in [5.41, 5.74) is -0.103. The van der Waals surface area contributed by atoms with Crippen LogP contribution in [0.4, 0.5) is 0 Å². The summed E-state index contributed by atoms with van der Waals surface area (Å²) in [7, 11) is -2.82. The van der Waals surface area contributed by atoms with Crippen LogP contribution in [0.5, 0.6) is 0 Å². The van der Waals surface area contributed by atoms with Gasteiger partial charge in [0, 0.05) is 25.7 Å². The van der Waals surface area contributed by atoms with Gasteiger partial charge in [-0.15, -0.1) is 0 Å². The lowest BCUT2D eigenvalue weighted by Crippen LogP contribution is -2.50. The average molecular weight is 317 g/mol. The zero-order chi connectivity index (χ0) is 14.9. The van der Waals surface area contributed by atoms with E-state index in [2.05, 4.69) is 12.2 Å². The molecule has 3 aliphatic rings. The molecule has 3 rings (SSSR count). The van der Waals surface area contributed by atoms with Crippen molar-refractivity contribution < 1.29 is 17.9 Å². The Hall–Kier alpha value is -0.170. The minimum absolute atomic E-state index is 0.103. The molecule has 6 heteroatoms. The third kappa shape index (κ3) is 3.44. The molecule has 1 N–H and O–H groups in total. The van der Waals surface area contributed by atoms with E-state index in [0.29, 0.717) is 30.1 Å². The van der Waals surface area contributed by atoms with Gasteiger partial charge >= 0.3 is 0 Å². The number of hydrogen-bond acceptors (Lipinski definition) is 5. The molecule has 0 aliphatic carbocycles. The highest BCUT2D eigenvalue weighted by atomic mass is 32.2. The van der Waals surface area contributed by atoms with E-state index in [9.17, 15) is 8.42 Å². The van der Waals surface area contributed by atoms with Crippen molar-refractivity contribution in [2.45, 2.75) is 44.2 Å². The second kappa shape index (κ2) is 6.14. The minimum Gasteiger partial charge on any atom is -0.378 e. The van der Waals surface area contributed by atoms with Crippen LogP contribution < -0.4 is 5.32 Å². The van der Waals surface area contributed by atoms with E-state index in [-0.39, 0.29) is 11.5 Å². The van der Waals surface area contributed by atoms with E-state index >= 15 is 0 Å². The first-order chi connectivity index (χ1) is 10.0. The Morgan fingerprint density at radius 2 is 2.14 bits per heavy atom. The van der Waals surface area contributed by atoms with Crippen LogP contribution in [0.3, 0.4) is 0 Å². The van der Waals surface area contributed by atoms with Crippen LogP contribution in [0.25, 0.3) is 0 Å². The number of ether oxygens (including phenoxy) is 2. The second-order valence-corrected chi connectivity index (χ2v) is 9.06. The van der Waals surface area contributed by atoms with E-state index in [1.807, 2.05) is 0 Å². The molecule has 1 spiro atoms. The van der Waals surface area contributed by atoms with E-state index in [1.165, 1.54) is 0 Å². The Morgan fingerprint density at radius 1 is 1.29 bits per heavy atom. The van der Waals surface area contributed by atoms with Gasteiger partial charge in [-0.2, -0.15) is 0 Å². The van der Waals surface area contributed by atoms with Crippen LogP contribution in [0.1, 0.15) is 32.6 Å². The molecule has 0 aromatic rings. The summed E-state index contributed by atoms with van der Waals surface area (Å²) in [6.45, 7) is 5.25. The molecule has 0 aromatic heterocycles. The first kappa shape index (κ1) is 15.7. The molecule has 0 radical (unpaired) electrons. The predicted molar refractivity (Wildman–Crippen MR) is 81.1 cm³/mol. The Kier molecular flexibility index (Phi) is 4.60. The van der Waals surface area contributed by atoms with Crippen LogP contribution >= 0.6 is 0 Å². The first-order valence-corrected chi connectivity index (χ1v) is 10.0. The maximum absolute atomic E-state index is 11.8. The highest BCUT2D eigenvalue weighted by Crippen LogP contribution is 2.39. The molecule has 0 bridgehead atoms. The lowest BCUT2D eigenvalue weighted by molar-refractivity contribution is -0.105. The summed E-state index contributed by atoms with van der Waals surface area (Å²) >= 11 is 0. The summed E-state index contributed by atoms with van der Waals surface area (Å²) in [5, 5.41) is 3.58. The zero-order valence-corrected chi connectivity index (χ0v) is 13.7. The molecule has 21 heavy (non-hydrogen) atoms. The fourth-order valence-corrected chi connectivity index (χ4v) is 6.15. The molecular formula is C15H27NO4S. The smallest absolute Gasteiger partial charge is 0.150 e. The monoisotopic (exact) mass is 317 g/mol. The highest BCUT2D eigenvalue weighted by Gasteiger charge is 2.45. The Bertz CT molecular complexity index is 458. The van der Waals surface area contributed by atoms with Crippen LogP contribution in [0.2, 0.25) is 0 Å². The van der Waals surface area contributed by atoms with Crippen LogP contribution in [-0.2, 0) is 19.3 Å². The van der Waals surface area contributed by atoms with Gasteiger partial charge < -0.3 is 14.8 Å². The van der Waals surface area contributed by atoms with Gasteiger partial charge in [0.25, 0.3) is 0 Å². The van der Waals surface area contributed by atoms with Crippen molar-refractivity contribution in [2.75, 3.05) is 37.9 Å². The van der Waals surface area contributed by atoms with Gasteiger partial charge in [0.15, 0.2) is 9.84 Å². The molecule has 0 aromatic carbocycles. The summed E-state index contributed by atoms with van der Waals surface area (Å²) in [6.07, 6.45) is 3.81. The number of nitrogens with one attached hydrogen (secondary N) is 1. The molecule has 0 saturated carbocycles. The third-order valence-electron chi connectivity index (χ3n) is 5.32. The van der Waals surface area contributed by atoms with Crippen molar-refractivity contribution >= 4 is 9.84 Å². The Morgan fingerprint density at radius 3 is 2.76 bits per heavy atom. The van der Waals surface area contributed by atoms with Gasteiger partial charge in [-0.3, -0.25) is 0 Å². The van der Waals surface area contributed by atoms with Crippen LogP contribution in [0, 0.1) is 11.8 Å². The van der Waals surface area contributed by atoms with Crippen LogP contribution in [0.15, 0.2) is 0 Å². The van der Waals surface area contributed by atoms with Crippen molar-refractivity contribution in [1.82, 2.24) is 5.32 Å². The first-order valence-electron chi connectivity index (χ1n) is 8.19. The van der Waals surface area contributed by atoms with Crippen LogP contribution in [-0.4, -0.2) is 57.9 Å². The van der Waals surface area contributed by atoms with Gasteiger partial charge in [-0.25, -0.2) is 8.42 Å². The fraction of sp³-hybridized carbons (Fsp3) is 1.00. The Labute approximate surface area is 127 Å². The maximum atomic E-state index is 11.8. The van der Waals surface area contributed by atoms with Gasteiger partial charge in [-0.05, 0) is 37.6 Å². The molecule has 3 heterocycles. The molecule has 5 nitrogen and oxygen atoms in total. The summed E-state index contributed by atoms with van der Waals surface area (Å²) in [6, 6.07) is 0.300. The number of sulfone groups is 1. The molecule has 122 valence electrons. The Balaban J connectivity index is 1.71. The van der Waals surface area contributed by atoms with Gasteiger partial charge in [0.05, 0.1) is 23.7 Å². The number of hydrogen-bond donors (Lipinski definition) is 1. The lowest BCUT2D eigenvalue weighted by atomic mass is 9.76. The van der Waals surface area contributed by atoms with Gasteiger partial charge in [-0.1, -0.05) is 6.92 Å². The quantitative estimate of drug-likeness (QED) is 0.837. The highest BCUT2D eigenvalue weighted by molar-refractivity contribution is 7.91. The van der Waals surface area contributed by atoms with E-state index in [4.69, 9.17) is 9.47 Å². The van der Waals surface area contributed by atoms with Crippen molar-refractivity contribution in [3.05, 3.63) is 0 Å². The second-order valence-electron chi connectivity index (χ2n) is 6.83. The fourth-order valence-electron chi connectivity index (χ4n) is 4.30. The minimum atomic E-state index is -2.82. The largest absolute Gasteiger partial charge is 0.378 e. The molecule has 4 atom stereocenters. The standard InChI is InChI=1S/C15H27NO4S/c1-2-16-14(13-4-8-21(17,18)10-13)12-3-6-20-15(9-12)5-7-19-11-15/h12-14,16H,2-11H2,1H3. The van der Waals surface area contributed by atoms with Crippen molar-refractivity contribution in [1.29, 1.82) is 0 Å². The van der Waals surface area contributed by atoms with Crippen molar-refractivity contribution in [3.63, 3.8) is 0 Å². The maximum Gasteiger partial charge on any atom is 0.150 e. The lowest BCUT2D eigenvalue weighted by Gasteiger charge is -2.42. The van der Waals surface area contributed by atoms with E-state index in [0.717, 1.165) is 45.4 Å². The van der Waals surface area contributed by atoms with Crippen molar-refractivity contribution in [2.24, 2.45) is 11.8 Å². The summed E-state index contributed by atoms with van der Waals surface area (Å²) in [4.78, 5) is 0. The normalized spacial score (nSPS) is 40.6. The van der Waals surface area contributed by atoms with E-state index < -0.39 is 9.84 Å². The molecular weight excluding hydrogens is 290 g/mol. The third-order valence-corrected chi connectivity index (χ3v) is 7.12. The molecule has 3 fully saturated rings. The molecule has 0 amide bonds. The molecule has 3 aliphatic heterocycles. The average Bonchev–Trinajstić information content (AvgIpc) is 3.03. The van der Waals surface area contributed by atoms with Gasteiger partial charge in [0.2, 0.25) is 0 Å². The van der Waals surface area contributed by atoms with E-state index in [1.54, 1.807) is 0 Å². The zero-order valence-electron chi connectivity index (χ0n) is 12.8. The molecule has 3 saturated heterocycles. The predicted octanol–water partition coefficient (Wildman–Crippen LogP) is 0.985. The summed E-state index contributed by atoms with van der Waals surface area (Å²) < 4.78 is 35.2. The molecule has 4 unspecified atom stereocenters. The van der Waals surface area contributed by atoms with Crippen molar-refractivity contribution in [3.8, 4) is 0 Å². The topological polar surface area (TPSA) is 64.6 Å².